The first-order valence-corrected chi connectivity index (χ1v) is 8.77. The fraction of sp³-hybridized carbons (Fsp3) is 0.375. The molecule has 1 aromatic carbocycles. The quantitative estimate of drug-likeness (QED) is 0.648. The number of aryl methyl sites for hydroxylation is 1. The van der Waals surface area contributed by atoms with Gasteiger partial charge in [0.1, 0.15) is 6.20 Å². The molecule has 1 fully saturated rings. The van der Waals surface area contributed by atoms with Gasteiger partial charge in [-0.2, -0.15) is 0 Å². The van der Waals surface area contributed by atoms with E-state index in [4.69, 9.17) is 0 Å². The number of aromatic nitrogens is 1. The maximum absolute atomic E-state index is 12.1. The molecule has 1 aliphatic heterocycles. The number of anilines is 2. The summed E-state index contributed by atoms with van der Waals surface area (Å²) in [4.78, 5) is 30.4. The van der Waals surface area contributed by atoms with Crippen molar-refractivity contribution >= 4 is 33.1 Å². The lowest BCUT2D eigenvalue weighted by molar-refractivity contribution is -0.380. The molecule has 1 N–H and O–H groups in total. The van der Waals surface area contributed by atoms with Gasteiger partial charge >= 0.3 is 5.00 Å². The van der Waals surface area contributed by atoms with Crippen LogP contribution in [0.4, 0.5) is 15.8 Å². The zero-order chi connectivity index (χ0) is 17.8. The highest BCUT2D eigenvalue weighted by Crippen LogP contribution is 2.24. The molecule has 132 valence electrons. The second-order valence-corrected chi connectivity index (χ2v) is 6.92. The Labute approximate surface area is 149 Å². The summed E-state index contributed by atoms with van der Waals surface area (Å²) >= 11 is 0.861. The lowest BCUT2D eigenvalue weighted by Crippen LogP contribution is -2.48. The van der Waals surface area contributed by atoms with E-state index in [1.165, 1.54) is 11.3 Å². The van der Waals surface area contributed by atoms with Gasteiger partial charge in [0.05, 0.1) is 11.5 Å². The van der Waals surface area contributed by atoms with Crippen LogP contribution in [-0.4, -0.2) is 53.4 Å². The van der Waals surface area contributed by atoms with Gasteiger partial charge in [0.15, 0.2) is 5.13 Å². The average Bonchev–Trinajstić information content (AvgIpc) is 3.05. The average molecular weight is 361 g/mol. The Hall–Kier alpha value is -2.52. The van der Waals surface area contributed by atoms with Crippen LogP contribution < -0.4 is 10.2 Å². The van der Waals surface area contributed by atoms with Crippen molar-refractivity contribution in [2.24, 2.45) is 0 Å². The second-order valence-electron chi connectivity index (χ2n) is 5.91. The molecule has 0 atom stereocenters. The minimum atomic E-state index is -0.516. The molecule has 2 heterocycles. The highest BCUT2D eigenvalue weighted by molar-refractivity contribution is 7.18. The van der Waals surface area contributed by atoms with Crippen LogP contribution in [0.3, 0.4) is 0 Å². The standard InChI is InChI=1S/C16H19N5O3S/c1-12-2-4-13(5-3-12)20-8-6-19(7-9-20)11-14(22)18-16-17-10-15(25-16)21(23)24/h2-5,10H,6-9,11H2,1H3,(H,17,18,22). The molecule has 9 heteroatoms. The summed E-state index contributed by atoms with van der Waals surface area (Å²) < 4.78 is 0. The van der Waals surface area contributed by atoms with Gasteiger partial charge in [-0.3, -0.25) is 19.8 Å². The summed E-state index contributed by atoms with van der Waals surface area (Å²) in [6, 6.07) is 8.44. The van der Waals surface area contributed by atoms with E-state index in [1.54, 1.807) is 0 Å². The SMILES string of the molecule is Cc1ccc(N2CCN(CC(=O)Nc3ncc([N+](=O)[O-])s3)CC2)cc1. The van der Waals surface area contributed by atoms with Gasteiger partial charge in [-0.15, -0.1) is 0 Å². The first-order chi connectivity index (χ1) is 12.0. The molecule has 1 amide bonds. The molecule has 0 radical (unpaired) electrons. The van der Waals surface area contributed by atoms with Crippen molar-refractivity contribution in [2.75, 3.05) is 42.9 Å². The lowest BCUT2D eigenvalue weighted by Gasteiger charge is -2.35. The number of nitrogens with one attached hydrogen (secondary N) is 1. The number of hydrogen-bond donors (Lipinski definition) is 1. The Morgan fingerprint density at radius 3 is 2.56 bits per heavy atom. The molecular weight excluding hydrogens is 342 g/mol. The van der Waals surface area contributed by atoms with E-state index in [-0.39, 0.29) is 22.6 Å². The van der Waals surface area contributed by atoms with Crippen molar-refractivity contribution in [2.45, 2.75) is 6.92 Å². The van der Waals surface area contributed by atoms with Gasteiger partial charge in [-0.05, 0) is 30.4 Å². The predicted molar refractivity (Wildman–Crippen MR) is 97.2 cm³/mol. The largest absolute Gasteiger partial charge is 0.369 e. The summed E-state index contributed by atoms with van der Waals surface area (Å²) in [5.74, 6) is -0.201. The number of thiazole rings is 1. The minimum absolute atomic E-state index is 0.0815. The van der Waals surface area contributed by atoms with Crippen LogP contribution in [0.5, 0.6) is 0 Å². The first-order valence-electron chi connectivity index (χ1n) is 7.95. The molecule has 0 unspecified atom stereocenters. The van der Waals surface area contributed by atoms with Gasteiger partial charge < -0.3 is 10.2 Å². The summed E-state index contributed by atoms with van der Waals surface area (Å²) in [7, 11) is 0. The minimum Gasteiger partial charge on any atom is -0.369 e. The lowest BCUT2D eigenvalue weighted by atomic mass is 10.2. The van der Waals surface area contributed by atoms with Gasteiger partial charge in [0.25, 0.3) is 0 Å². The second kappa shape index (κ2) is 7.58. The van der Waals surface area contributed by atoms with Crippen LogP contribution >= 0.6 is 11.3 Å². The molecule has 1 aliphatic rings. The smallest absolute Gasteiger partial charge is 0.345 e. The van der Waals surface area contributed by atoms with E-state index in [0.717, 1.165) is 43.7 Å². The van der Waals surface area contributed by atoms with Crippen LogP contribution in [0.1, 0.15) is 5.56 Å². The van der Waals surface area contributed by atoms with Crippen molar-refractivity contribution in [3.63, 3.8) is 0 Å². The van der Waals surface area contributed by atoms with E-state index >= 15 is 0 Å². The third-order valence-electron chi connectivity index (χ3n) is 4.06. The van der Waals surface area contributed by atoms with E-state index < -0.39 is 4.92 Å². The molecule has 1 aromatic heterocycles. The Bertz CT molecular complexity index is 753. The number of rotatable bonds is 5. The zero-order valence-corrected chi connectivity index (χ0v) is 14.7. The Morgan fingerprint density at radius 2 is 1.96 bits per heavy atom. The van der Waals surface area contributed by atoms with Gasteiger partial charge in [-0.25, -0.2) is 4.98 Å². The normalized spacial score (nSPS) is 15.2. The zero-order valence-electron chi connectivity index (χ0n) is 13.8. The van der Waals surface area contributed by atoms with Gasteiger partial charge in [-0.1, -0.05) is 17.7 Å². The van der Waals surface area contributed by atoms with Crippen LogP contribution in [0.15, 0.2) is 30.5 Å². The summed E-state index contributed by atoms with van der Waals surface area (Å²) in [5.41, 5.74) is 2.44. The van der Waals surface area contributed by atoms with Crippen molar-refractivity contribution in [1.29, 1.82) is 0 Å². The predicted octanol–water partition coefficient (Wildman–Crippen LogP) is 2.12. The van der Waals surface area contributed by atoms with Crippen LogP contribution in [-0.2, 0) is 4.79 Å². The summed E-state index contributed by atoms with van der Waals surface area (Å²) in [6.45, 7) is 5.63. The first kappa shape index (κ1) is 17.3. The number of carbonyl (C=O) groups is 1. The summed E-state index contributed by atoms with van der Waals surface area (Å²) in [5, 5.41) is 13.4. The fourth-order valence-corrected chi connectivity index (χ4v) is 3.34. The maximum Gasteiger partial charge on any atom is 0.345 e. The number of nitro groups is 1. The molecule has 0 aliphatic carbocycles. The number of hydrogen-bond acceptors (Lipinski definition) is 7. The Balaban J connectivity index is 1.47. The number of piperazine rings is 1. The van der Waals surface area contributed by atoms with Crippen LogP contribution in [0.25, 0.3) is 0 Å². The molecule has 0 spiro atoms. The maximum atomic E-state index is 12.1. The number of carbonyl (C=O) groups excluding carboxylic acids is 1. The third-order valence-corrected chi connectivity index (χ3v) is 4.92. The third kappa shape index (κ3) is 4.52. The number of benzene rings is 1. The van der Waals surface area contributed by atoms with E-state index in [1.807, 2.05) is 0 Å². The van der Waals surface area contributed by atoms with Crippen molar-refractivity contribution in [3.05, 3.63) is 46.1 Å². The van der Waals surface area contributed by atoms with Crippen LogP contribution in [0.2, 0.25) is 0 Å². The fourth-order valence-electron chi connectivity index (χ4n) is 2.69. The molecule has 0 bridgehead atoms. The van der Waals surface area contributed by atoms with Crippen molar-refractivity contribution in [1.82, 2.24) is 9.88 Å². The molecular formula is C16H19N5O3S. The molecule has 3 rings (SSSR count). The van der Waals surface area contributed by atoms with Gasteiger partial charge in [0, 0.05) is 31.9 Å². The molecule has 8 nitrogen and oxygen atoms in total. The highest BCUT2D eigenvalue weighted by atomic mass is 32.1. The van der Waals surface area contributed by atoms with E-state index in [9.17, 15) is 14.9 Å². The van der Waals surface area contributed by atoms with Crippen molar-refractivity contribution in [3.8, 4) is 0 Å². The molecule has 2 aromatic rings. The van der Waals surface area contributed by atoms with Crippen molar-refractivity contribution < 1.29 is 9.72 Å². The Morgan fingerprint density at radius 1 is 1.28 bits per heavy atom. The van der Waals surface area contributed by atoms with Gasteiger partial charge in [0.2, 0.25) is 5.91 Å². The highest BCUT2D eigenvalue weighted by Gasteiger charge is 2.20. The molecule has 1 saturated heterocycles. The topological polar surface area (TPSA) is 91.6 Å². The molecule has 0 saturated carbocycles. The number of nitrogens with zero attached hydrogens (tertiary/aromatic N) is 4. The van der Waals surface area contributed by atoms with E-state index in [0.29, 0.717) is 0 Å². The van der Waals surface area contributed by atoms with Crippen LogP contribution in [0, 0.1) is 17.0 Å². The Kier molecular flexibility index (Phi) is 5.25. The van der Waals surface area contributed by atoms with E-state index in [2.05, 4.69) is 51.3 Å². The number of amides is 1. The monoisotopic (exact) mass is 361 g/mol. The molecule has 25 heavy (non-hydrogen) atoms. The summed E-state index contributed by atoms with van der Waals surface area (Å²) in [6.07, 6.45) is 1.15.